The molecule has 0 atom stereocenters. The number of nitrogens with zero attached hydrogens (tertiary/aromatic N) is 2. The highest BCUT2D eigenvalue weighted by Gasteiger charge is 2.22. The van der Waals surface area contributed by atoms with Crippen molar-refractivity contribution in [1.82, 2.24) is 10.6 Å². The van der Waals surface area contributed by atoms with E-state index in [1.807, 2.05) is 6.07 Å². The molecule has 0 amide bonds. The molecule has 126 valence electrons. The van der Waals surface area contributed by atoms with Crippen LogP contribution in [0.25, 0.3) is 0 Å². The molecule has 4 N–H and O–H groups in total. The second-order valence-corrected chi connectivity index (χ2v) is 5.79. The van der Waals surface area contributed by atoms with Crippen LogP contribution in [0.4, 0.5) is 11.4 Å². The molecular weight excluding hydrogens is 290 g/mol. The Morgan fingerprint density at radius 1 is 1.35 bits per heavy atom. The fourth-order valence-corrected chi connectivity index (χ4v) is 2.96. The smallest absolute Gasteiger partial charge is 0.144 e. The molecule has 0 bridgehead atoms. The number of nitrogens with two attached hydrogens (primary N) is 1. The molecule has 1 aliphatic heterocycles. The minimum absolute atomic E-state index is 0.466. The summed E-state index contributed by atoms with van der Waals surface area (Å²) < 4.78 is 5.44. The topological polar surface area (TPSA) is 86.3 Å². The van der Waals surface area contributed by atoms with E-state index in [2.05, 4.69) is 28.5 Å². The minimum atomic E-state index is 0.466. The lowest BCUT2D eigenvalue weighted by Gasteiger charge is -2.35. The zero-order chi connectivity index (χ0) is 16.7. The summed E-state index contributed by atoms with van der Waals surface area (Å²) in [5.41, 5.74) is 7.80. The molecule has 0 aromatic heterocycles. The highest BCUT2D eigenvalue weighted by molar-refractivity contribution is 5.70. The summed E-state index contributed by atoms with van der Waals surface area (Å²) in [5, 5.41) is 16.1. The van der Waals surface area contributed by atoms with Crippen LogP contribution in [0.3, 0.4) is 0 Å². The minimum Gasteiger partial charge on any atom is -0.495 e. The van der Waals surface area contributed by atoms with E-state index in [4.69, 9.17) is 10.5 Å². The van der Waals surface area contributed by atoms with Crippen molar-refractivity contribution in [3.63, 3.8) is 0 Å². The van der Waals surface area contributed by atoms with Gasteiger partial charge in [0.05, 0.1) is 24.0 Å². The van der Waals surface area contributed by atoms with Crippen LogP contribution in [0.1, 0.15) is 25.3 Å². The largest absolute Gasteiger partial charge is 0.495 e. The predicted molar refractivity (Wildman–Crippen MR) is 93.9 cm³/mol. The Morgan fingerprint density at radius 3 is 2.70 bits per heavy atom. The summed E-state index contributed by atoms with van der Waals surface area (Å²) in [6, 6.07) is 6.29. The third kappa shape index (κ3) is 4.50. The second-order valence-electron chi connectivity index (χ2n) is 5.79. The summed E-state index contributed by atoms with van der Waals surface area (Å²) >= 11 is 0. The number of piperidine rings is 1. The van der Waals surface area contributed by atoms with Gasteiger partial charge in [-0.25, -0.2) is 0 Å². The molecule has 1 aromatic carbocycles. The Kier molecular flexibility index (Phi) is 6.51. The lowest BCUT2D eigenvalue weighted by Crippen LogP contribution is -2.44. The van der Waals surface area contributed by atoms with Crippen molar-refractivity contribution in [2.24, 2.45) is 0 Å². The van der Waals surface area contributed by atoms with E-state index in [1.54, 1.807) is 13.2 Å². The molecular formula is C17H27N5O. The molecule has 1 heterocycles. The Morgan fingerprint density at radius 2 is 2.09 bits per heavy atom. The van der Waals surface area contributed by atoms with Gasteiger partial charge in [0.25, 0.3) is 0 Å². The molecule has 0 unspecified atom stereocenters. The number of methoxy groups -OCH3 is 1. The molecule has 0 spiro atoms. The summed E-state index contributed by atoms with van der Waals surface area (Å²) in [4.78, 5) is 2.28. The monoisotopic (exact) mass is 317 g/mol. The molecule has 0 radical (unpaired) electrons. The Bertz CT molecular complexity index is 547. The third-order valence-electron chi connectivity index (χ3n) is 4.29. The number of nitrogen functional groups attached to an aromatic ring is 1. The van der Waals surface area contributed by atoms with Gasteiger partial charge in [-0.1, -0.05) is 6.92 Å². The zero-order valence-corrected chi connectivity index (χ0v) is 14.1. The number of nitriles is 1. The Balaban J connectivity index is 1.96. The van der Waals surface area contributed by atoms with E-state index < -0.39 is 0 Å². The molecule has 6 heteroatoms. The van der Waals surface area contributed by atoms with Crippen molar-refractivity contribution in [2.75, 3.05) is 50.5 Å². The first kappa shape index (κ1) is 17.4. The van der Waals surface area contributed by atoms with Crippen molar-refractivity contribution < 1.29 is 4.74 Å². The average Bonchev–Trinajstić information content (AvgIpc) is 2.59. The van der Waals surface area contributed by atoms with Crippen LogP contribution in [-0.4, -0.2) is 45.9 Å². The zero-order valence-electron chi connectivity index (χ0n) is 14.1. The second kappa shape index (κ2) is 8.61. The van der Waals surface area contributed by atoms with Gasteiger partial charge in [0.15, 0.2) is 0 Å². The number of hydrogen-bond acceptors (Lipinski definition) is 6. The summed E-state index contributed by atoms with van der Waals surface area (Å²) in [7, 11) is 1.64. The lowest BCUT2D eigenvalue weighted by atomic mass is 10.0. The maximum Gasteiger partial charge on any atom is 0.144 e. The number of rotatable bonds is 7. The number of benzene rings is 1. The molecule has 23 heavy (non-hydrogen) atoms. The number of hydrogen-bond donors (Lipinski definition) is 3. The lowest BCUT2D eigenvalue weighted by molar-refractivity contribution is 0.398. The third-order valence-corrected chi connectivity index (χ3v) is 4.29. The highest BCUT2D eigenvalue weighted by atomic mass is 16.5. The number of likely N-dealkylation sites (N-methyl/N-ethyl adjacent to an activating group) is 1. The molecule has 2 rings (SSSR count). The van der Waals surface area contributed by atoms with Crippen LogP contribution >= 0.6 is 0 Å². The van der Waals surface area contributed by atoms with Crippen LogP contribution < -0.4 is 26.0 Å². The van der Waals surface area contributed by atoms with Crippen LogP contribution in [-0.2, 0) is 0 Å². The summed E-state index contributed by atoms with van der Waals surface area (Å²) in [6.45, 7) is 7.04. The molecule has 1 aromatic rings. The van der Waals surface area contributed by atoms with Gasteiger partial charge >= 0.3 is 0 Å². The number of nitrogens with one attached hydrogen (secondary N) is 2. The maximum absolute atomic E-state index is 9.18. The number of ether oxygens (including phenoxy) is 1. The highest BCUT2D eigenvalue weighted by Crippen LogP contribution is 2.34. The molecule has 1 saturated heterocycles. The van der Waals surface area contributed by atoms with Gasteiger partial charge in [-0.05, 0) is 25.5 Å². The maximum atomic E-state index is 9.18. The van der Waals surface area contributed by atoms with E-state index >= 15 is 0 Å². The van der Waals surface area contributed by atoms with Crippen molar-refractivity contribution >= 4 is 11.4 Å². The molecule has 0 aliphatic carbocycles. The molecule has 1 fully saturated rings. The average molecular weight is 317 g/mol. The molecule has 1 aliphatic rings. The van der Waals surface area contributed by atoms with Gasteiger partial charge in [-0.3, -0.25) is 0 Å². The van der Waals surface area contributed by atoms with Crippen LogP contribution in [0, 0.1) is 11.3 Å². The quantitative estimate of drug-likeness (QED) is 0.519. The van der Waals surface area contributed by atoms with E-state index in [9.17, 15) is 5.26 Å². The first-order valence-corrected chi connectivity index (χ1v) is 8.26. The van der Waals surface area contributed by atoms with Gasteiger partial charge in [0, 0.05) is 38.3 Å². The normalized spacial score (nSPS) is 15.4. The Labute approximate surface area is 138 Å². The molecule has 0 saturated carbocycles. The number of anilines is 2. The van der Waals surface area contributed by atoms with Crippen molar-refractivity contribution in [3.8, 4) is 11.8 Å². The van der Waals surface area contributed by atoms with Gasteiger partial charge in [0.2, 0.25) is 0 Å². The fraction of sp³-hybridized carbons (Fsp3) is 0.588. The van der Waals surface area contributed by atoms with Gasteiger partial charge in [0.1, 0.15) is 11.8 Å². The van der Waals surface area contributed by atoms with Crippen molar-refractivity contribution in [1.29, 1.82) is 5.26 Å². The standard InChI is InChI=1S/C17H27N5O/c1-3-20-6-7-21-14-4-8-22(9-5-14)16-10-13(12-18)15(19)11-17(16)23-2/h10-11,14,20-21H,3-9,19H2,1-2H3. The van der Waals surface area contributed by atoms with E-state index in [0.29, 0.717) is 17.3 Å². The van der Waals surface area contributed by atoms with Crippen molar-refractivity contribution in [2.45, 2.75) is 25.8 Å². The van der Waals surface area contributed by atoms with Crippen LogP contribution in [0.5, 0.6) is 5.75 Å². The Hall–Kier alpha value is -1.97. The van der Waals surface area contributed by atoms with Gasteiger partial charge in [-0.2, -0.15) is 5.26 Å². The molecule has 6 nitrogen and oxygen atoms in total. The van der Waals surface area contributed by atoms with Gasteiger partial charge in [-0.15, -0.1) is 0 Å². The predicted octanol–water partition coefficient (Wildman–Crippen LogP) is 1.32. The van der Waals surface area contributed by atoms with Crippen molar-refractivity contribution in [3.05, 3.63) is 17.7 Å². The fourth-order valence-electron chi connectivity index (χ4n) is 2.96. The van der Waals surface area contributed by atoms with E-state index in [1.165, 1.54) is 0 Å². The first-order chi connectivity index (χ1) is 11.2. The summed E-state index contributed by atoms with van der Waals surface area (Å²) in [6.07, 6.45) is 2.17. The summed E-state index contributed by atoms with van der Waals surface area (Å²) in [5.74, 6) is 0.736. The van der Waals surface area contributed by atoms with Gasteiger partial charge < -0.3 is 26.0 Å². The van der Waals surface area contributed by atoms with E-state index in [0.717, 1.165) is 57.0 Å². The van der Waals surface area contributed by atoms with Crippen LogP contribution in [0.15, 0.2) is 12.1 Å². The first-order valence-electron chi connectivity index (χ1n) is 8.26. The SMILES string of the molecule is CCNCCNC1CCN(c2cc(C#N)c(N)cc2OC)CC1. The van der Waals surface area contributed by atoms with E-state index in [-0.39, 0.29) is 0 Å². The van der Waals surface area contributed by atoms with Crippen LogP contribution in [0.2, 0.25) is 0 Å².